The average Bonchev–Trinajstić information content (AvgIpc) is 2.48. The van der Waals surface area contributed by atoms with E-state index in [4.69, 9.17) is 39.5 Å². The van der Waals surface area contributed by atoms with Crippen LogP contribution in [0.25, 0.3) is 0 Å². The van der Waals surface area contributed by atoms with Crippen molar-refractivity contribution in [2.75, 3.05) is 19.0 Å². The van der Waals surface area contributed by atoms with E-state index in [1.807, 2.05) is 0 Å². The van der Waals surface area contributed by atoms with Gasteiger partial charge in [-0.15, -0.1) is 0 Å². The van der Waals surface area contributed by atoms with Crippen molar-refractivity contribution < 1.29 is 9.84 Å². The van der Waals surface area contributed by atoms with Gasteiger partial charge in [0, 0.05) is 33.9 Å². The van der Waals surface area contributed by atoms with E-state index < -0.39 is 6.10 Å². The monoisotopic (exact) mass is 345 g/mol. The number of aliphatic hydroxyl groups is 1. The first-order valence-electron chi connectivity index (χ1n) is 6.21. The molecule has 0 aliphatic rings. The fraction of sp³-hybridized carbons (Fsp3) is 0.200. The van der Waals surface area contributed by atoms with E-state index in [2.05, 4.69) is 5.32 Å². The number of nitrogens with one attached hydrogen (secondary N) is 1. The first kappa shape index (κ1) is 16.2. The largest absolute Gasteiger partial charge is 0.495 e. The minimum absolute atomic E-state index is 0.283. The first-order valence-corrected chi connectivity index (χ1v) is 7.35. The quantitative estimate of drug-likeness (QED) is 0.817. The summed E-state index contributed by atoms with van der Waals surface area (Å²) in [5.74, 6) is 0.567. The molecule has 0 spiro atoms. The molecule has 1 unspecified atom stereocenters. The summed E-state index contributed by atoms with van der Waals surface area (Å²) < 4.78 is 5.14. The van der Waals surface area contributed by atoms with Crippen LogP contribution in [0.2, 0.25) is 15.1 Å². The van der Waals surface area contributed by atoms with E-state index in [1.165, 1.54) is 0 Å². The molecule has 0 aromatic heterocycles. The lowest BCUT2D eigenvalue weighted by Gasteiger charge is -2.15. The Kier molecular flexibility index (Phi) is 5.59. The van der Waals surface area contributed by atoms with Crippen molar-refractivity contribution in [1.29, 1.82) is 0 Å². The number of halogens is 3. The summed E-state index contributed by atoms with van der Waals surface area (Å²) in [4.78, 5) is 0. The summed E-state index contributed by atoms with van der Waals surface area (Å²) in [5, 5.41) is 14.8. The van der Waals surface area contributed by atoms with Gasteiger partial charge in [0.15, 0.2) is 0 Å². The van der Waals surface area contributed by atoms with Crippen LogP contribution < -0.4 is 10.1 Å². The van der Waals surface area contributed by atoms with Crippen LogP contribution in [0.15, 0.2) is 36.4 Å². The van der Waals surface area contributed by atoms with E-state index in [0.29, 0.717) is 26.4 Å². The number of hydrogen-bond acceptors (Lipinski definition) is 3. The van der Waals surface area contributed by atoms with Crippen LogP contribution in [0.1, 0.15) is 11.7 Å². The van der Waals surface area contributed by atoms with Crippen LogP contribution in [0.3, 0.4) is 0 Å². The van der Waals surface area contributed by atoms with Crippen LogP contribution in [0.4, 0.5) is 5.69 Å². The highest BCUT2D eigenvalue weighted by atomic mass is 35.5. The molecule has 112 valence electrons. The van der Waals surface area contributed by atoms with Gasteiger partial charge in [-0.25, -0.2) is 0 Å². The number of benzene rings is 2. The zero-order valence-electron chi connectivity index (χ0n) is 11.2. The fourth-order valence-electron chi connectivity index (χ4n) is 1.86. The lowest BCUT2D eigenvalue weighted by atomic mass is 10.1. The molecule has 0 radical (unpaired) electrons. The first-order chi connectivity index (χ1) is 10.0. The van der Waals surface area contributed by atoms with Gasteiger partial charge in [0.05, 0.1) is 18.2 Å². The third-order valence-corrected chi connectivity index (χ3v) is 3.86. The van der Waals surface area contributed by atoms with E-state index in [0.717, 1.165) is 5.69 Å². The predicted molar refractivity (Wildman–Crippen MR) is 87.9 cm³/mol. The standard InChI is InChI=1S/C15H14Cl3NO2/c1-21-15-7-10(3-5-13(15)18)19-8-14(20)11-6-9(16)2-4-12(11)17/h2-7,14,19-20H,8H2,1H3. The third-order valence-electron chi connectivity index (χ3n) is 2.97. The normalized spacial score (nSPS) is 12.0. The Labute approximate surface area is 138 Å². The number of methoxy groups -OCH3 is 1. The van der Waals surface area contributed by atoms with Crippen LogP contribution in [-0.2, 0) is 0 Å². The maximum Gasteiger partial charge on any atom is 0.139 e. The molecule has 3 nitrogen and oxygen atoms in total. The highest BCUT2D eigenvalue weighted by Crippen LogP contribution is 2.29. The average molecular weight is 347 g/mol. The Morgan fingerprint density at radius 2 is 1.81 bits per heavy atom. The van der Waals surface area contributed by atoms with Crippen molar-refractivity contribution in [2.45, 2.75) is 6.10 Å². The zero-order chi connectivity index (χ0) is 15.4. The smallest absolute Gasteiger partial charge is 0.139 e. The van der Waals surface area contributed by atoms with Crippen LogP contribution in [0, 0.1) is 0 Å². The van der Waals surface area contributed by atoms with E-state index in [-0.39, 0.29) is 6.54 Å². The predicted octanol–water partition coefficient (Wildman–Crippen LogP) is 4.80. The van der Waals surface area contributed by atoms with Gasteiger partial charge in [-0.2, -0.15) is 0 Å². The summed E-state index contributed by atoms with van der Waals surface area (Å²) in [5.41, 5.74) is 1.37. The Balaban J connectivity index is 2.07. The Morgan fingerprint density at radius 3 is 2.52 bits per heavy atom. The Bertz CT molecular complexity index is 634. The summed E-state index contributed by atoms with van der Waals surface area (Å²) in [6.45, 7) is 0.283. The van der Waals surface area contributed by atoms with E-state index in [9.17, 15) is 5.11 Å². The zero-order valence-corrected chi connectivity index (χ0v) is 13.5. The molecule has 2 aromatic carbocycles. The summed E-state index contributed by atoms with van der Waals surface area (Å²) >= 11 is 17.9. The molecule has 0 saturated carbocycles. The fourth-order valence-corrected chi connectivity index (χ4v) is 2.48. The maximum absolute atomic E-state index is 10.2. The number of hydrogen-bond donors (Lipinski definition) is 2. The Hall–Kier alpha value is -1.13. The molecule has 0 fully saturated rings. The molecule has 2 N–H and O–H groups in total. The second-order valence-electron chi connectivity index (χ2n) is 4.41. The SMILES string of the molecule is COc1cc(NCC(O)c2cc(Cl)ccc2Cl)ccc1Cl. The van der Waals surface area contributed by atoms with Gasteiger partial charge in [-0.05, 0) is 30.3 Å². The molecule has 0 heterocycles. The molecule has 0 aliphatic carbocycles. The molecule has 6 heteroatoms. The van der Waals surface area contributed by atoms with Gasteiger partial charge in [0.2, 0.25) is 0 Å². The lowest BCUT2D eigenvalue weighted by molar-refractivity contribution is 0.192. The molecule has 0 amide bonds. The molecule has 0 saturated heterocycles. The van der Waals surface area contributed by atoms with Gasteiger partial charge in [-0.1, -0.05) is 34.8 Å². The van der Waals surface area contributed by atoms with E-state index >= 15 is 0 Å². The molecular weight excluding hydrogens is 333 g/mol. The summed E-state index contributed by atoms with van der Waals surface area (Å²) in [7, 11) is 1.55. The van der Waals surface area contributed by atoms with E-state index in [1.54, 1.807) is 43.5 Å². The molecule has 1 atom stereocenters. The summed E-state index contributed by atoms with van der Waals surface area (Å²) in [6.07, 6.45) is -0.780. The highest BCUT2D eigenvalue weighted by molar-refractivity contribution is 6.33. The van der Waals surface area contributed by atoms with Gasteiger partial charge in [0.1, 0.15) is 5.75 Å². The van der Waals surface area contributed by atoms with Crippen molar-refractivity contribution in [1.82, 2.24) is 0 Å². The van der Waals surface area contributed by atoms with Gasteiger partial charge < -0.3 is 15.2 Å². The van der Waals surface area contributed by atoms with Crippen LogP contribution >= 0.6 is 34.8 Å². The minimum Gasteiger partial charge on any atom is -0.495 e. The number of anilines is 1. The van der Waals surface area contributed by atoms with Crippen LogP contribution in [-0.4, -0.2) is 18.8 Å². The van der Waals surface area contributed by atoms with Crippen molar-refractivity contribution in [3.8, 4) is 5.75 Å². The molecule has 2 rings (SSSR count). The van der Waals surface area contributed by atoms with Crippen LogP contribution in [0.5, 0.6) is 5.75 Å². The minimum atomic E-state index is -0.780. The van der Waals surface area contributed by atoms with Crippen molar-refractivity contribution in [2.24, 2.45) is 0 Å². The Morgan fingerprint density at radius 1 is 1.10 bits per heavy atom. The molecule has 0 bridgehead atoms. The van der Waals surface area contributed by atoms with Crippen molar-refractivity contribution in [3.05, 3.63) is 57.0 Å². The lowest BCUT2D eigenvalue weighted by Crippen LogP contribution is -2.12. The van der Waals surface area contributed by atoms with Gasteiger partial charge >= 0.3 is 0 Å². The molecule has 2 aromatic rings. The highest BCUT2D eigenvalue weighted by Gasteiger charge is 2.12. The number of rotatable bonds is 5. The van der Waals surface area contributed by atoms with Gasteiger partial charge in [0.25, 0.3) is 0 Å². The molecule has 21 heavy (non-hydrogen) atoms. The van der Waals surface area contributed by atoms with Crippen molar-refractivity contribution in [3.63, 3.8) is 0 Å². The third kappa shape index (κ3) is 4.17. The van der Waals surface area contributed by atoms with Gasteiger partial charge in [-0.3, -0.25) is 0 Å². The topological polar surface area (TPSA) is 41.5 Å². The second-order valence-corrected chi connectivity index (χ2v) is 5.66. The van der Waals surface area contributed by atoms with Crippen molar-refractivity contribution >= 4 is 40.5 Å². The summed E-state index contributed by atoms with van der Waals surface area (Å²) in [6, 6.07) is 10.3. The second kappa shape index (κ2) is 7.23. The molecular formula is C15H14Cl3NO2. The number of ether oxygens (including phenoxy) is 1. The molecule has 0 aliphatic heterocycles. The maximum atomic E-state index is 10.2. The number of aliphatic hydroxyl groups excluding tert-OH is 1.